The fourth-order valence-corrected chi connectivity index (χ4v) is 6.42. The van der Waals surface area contributed by atoms with Gasteiger partial charge in [0.1, 0.15) is 0 Å². The van der Waals surface area contributed by atoms with E-state index in [-0.39, 0.29) is 24.7 Å². The predicted octanol–water partition coefficient (Wildman–Crippen LogP) is 9.07. The van der Waals surface area contributed by atoms with Crippen molar-refractivity contribution < 1.29 is 19.4 Å². The van der Waals surface area contributed by atoms with Gasteiger partial charge in [-0.3, -0.25) is 9.78 Å². The molecule has 7 heteroatoms. The van der Waals surface area contributed by atoms with Gasteiger partial charge in [0.15, 0.2) is 6.29 Å². The number of benzene rings is 2. The molecule has 2 heterocycles. The standard InChI is InChI=1S/C41H59N3O4/c1-3-5-7-9-11-13-26-44(27-14-12-10-8-6-4-2)31-38-28-39(35-21-19-34(32-45)20-22-35)48-41(47-38)36-23-17-33(18-24-36)29-43-40(46)37-16-15-25-42-30-37/h15-25,30,38-39,41,45H,3-14,26-29,31-32H2,1-2H3,(H,43,46)/t38-,39+,41+/m1/s1. The second-order valence-electron chi connectivity index (χ2n) is 13.4. The summed E-state index contributed by atoms with van der Waals surface area (Å²) in [6, 6.07) is 19.8. The van der Waals surface area contributed by atoms with Crippen LogP contribution in [0.4, 0.5) is 0 Å². The van der Waals surface area contributed by atoms with Crippen molar-refractivity contribution in [2.75, 3.05) is 19.6 Å². The van der Waals surface area contributed by atoms with Crippen molar-refractivity contribution >= 4 is 5.91 Å². The van der Waals surface area contributed by atoms with Crippen molar-refractivity contribution in [3.8, 4) is 0 Å². The lowest BCUT2D eigenvalue weighted by Crippen LogP contribution is -2.40. The molecule has 48 heavy (non-hydrogen) atoms. The lowest BCUT2D eigenvalue weighted by atomic mass is 9.99. The summed E-state index contributed by atoms with van der Waals surface area (Å²) in [7, 11) is 0. The van der Waals surface area contributed by atoms with E-state index in [2.05, 4.69) is 53.3 Å². The van der Waals surface area contributed by atoms with Gasteiger partial charge in [-0.1, -0.05) is 127 Å². The molecule has 2 N–H and O–H groups in total. The zero-order valence-electron chi connectivity index (χ0n) is 29.5. The monoisotopic (exact) mass is 657 g/mol. The lowest BCUT2D eigenvalue weighted by Gasteiger charge is -2.38. The highest BCUT2D eigenvalue weighted by atomic mass is 16.7. The Balaban J connectivity index is 1.42. The van der Waals surface area contributed by atoms with Crippen molar-refractivity contribution in [1.82, 2.24) is 15.2 Å². The zero-order valence-corrected chi connectivity index (χ0v) is 29.5. The maximum Gasteiger partial charge on any atom is 0.253 e. The molecule has 7 nitrogen and oxygen atoms in total. The molecule has 1 aliphatic rings. The summed E-state index contributed by atoms with van der Waals surface area (Å²) < 4.78 is 13.4. The fourth-order valence-electron chi connectivity index (χ4n) is 6.42. The number of ether oxygens (including phenoxy) is 2. The number of amides is 1. The molecule has 0 radical (unpaired) electrons. The van der Waals surface area contributed by atoms with Gasteiger partial charge >= 0.3 is 0 Å². The zero-order chi connectivity index (χ0) is 33.8. The Kier molecular flexibility index (Phi) is 17.1. The highest BCUT2D eigenvalue weighted by Gasteiger charge is 2.33. The molecule has 2 aromatic carbocycles. The van der Waals surface area contributed by atoms with Gasteiger partial charge < -0.3 is 24.8 Å². The average Bonchev–Trinajstić information content (AvgIpc) is 3.13. The Morgan fingerprint density at radius 2 is 1.40 bits per heavy atom. The molecule has 1 amide bonds. The van der Waals surface area contributed by atoms with E-state index in [0.717, 1.165) is 48.3 Å². The molecule has 3 aromatic rings. The number of pyridine rings is 1. The molecule has 0 unspecified atom stereocenters. The second-order valence-corrected chi connectivity index (χ2v) is 13.4. The molecule has 0 aliphatic carbocycles. The molecular weight excluding hydrogens is 598 g/mol. The molecule has 1 aliphatic heterocycles. The smallest absolute Gasteiger partial charge is 0.253 e. The van der Waals surface area contributed by atoms with E-state index in [1.54, 1.807) is 24.5 Å². The SMILES string of the molecule is CCCCCCCCN(CCCCCCCC)C[C@H]1C[C@@H](c2ccc(CO)cc2)O[C@@H](c2ccc(CNC(=O)c3cccnc3)cc2)O1. The van der Waals surface area contributed by atoms with E-state index < -0.39 is 6.29 Å². The average molecular weight is 658 g/mol. The molecule has 262 valence electrons. The summed E-state index contributed by atoms with van der Waals surface area (Å²) >= 11 is 0. The molecular formula is C41H59N3O4. The van der Waals surface area contributed by atoms with Gasteiger partial charge in [0.05, 0.1) is 24.4 Å². The lowest BCUT2D eigenvalue weighted by molar-refractivity contribution is -0.253. The number of hydrogen-bond acceptors (Lipinski definition) is 6. The third kappa shape index (κ3) is 13.1. The maximum atomic E-state index is 12.5. The first-order valence-electron chi connectivity index (χ1n) is 18.6. The van der Waals surface area contributed by atoms with Gasteiger partial charge in [-0.15, -0.1) is 0 Å². The third-order valence-electron chi connectivity index (χ3n) is 9.36. The number of nitrogens with zero attached hydrogens (tertiary/aromatic N) is 2. The molecule has 0 spiro atoms. The summed E-state index contributed by atoms with van der Waals surface area (Å²) in [5.74, 6) is -0.143. The van der Waals surface area contributed by atoms with E-state index in [4.69, 9.17) is 9.47 Å². The van der Waals surface area contributed by atoms with Gasteiger partial charge in [0, 0.05) is 37.5 Å². The van der Waals surface area contributed by atoms with Crippen LogP contribution in [0.3, 0.4) is 0 Å². The van der Waals surface area contributed by atoms with Crippen LogP contribution in [-0.4, -0.2) is 46.6 Å². The molecule has 1 fully saturated rings. The van der Waals surface area contributed by atoms with Crippen LogP contribution in [0.2, 0.25) is 0 Å². The van der Waals surface area contributed by atoms with Crippen molar-refractivity contribution in [2.45, 2.75) is 129 Å². The number of nitrogens with one attached hydrogen (secondary N) is 1. The number of unbranched alkanes of at least 4 members (excludes halogenated alkanes) is 10. The number of aromatic nitrogens is 1. The third-order valence-corrected chi connectivity index (χ3v) is 9.36. The van der Waals surface area contributed by atoms with E-state index in [9.17, 15) is 9.90 Å². The molecule has 0 bridgehead atoms. The molecule has 3 atom stereocenters. The van der Waals surface area contributed by atoms with Crippen LogP contribution in [0.1, 0.15) is 142 Å². The second kappa shape index (κ2) is 21.8. The molecule has 1 saturated heterocycles. The van der Waals surface area contributed by atoms with Gasteiger partial charge in [-0.25, -0.2) is 0 Å². The minimum absolute atomic E-state index is 0.0288. The fraction of sp³-hybridized carbons (Fsp3) is 0.561. The van der Waals surface area contributed by atoms with Crippen LogP contribution < -0.4 is 5.32 Å². The van der Waals surface area contributed by atoms with Crippen molar-refractivity contribution in [3.05, 3.63) is 101 Å². The van der Waals surface area contributed by atoms with Crippen LogP contribution in [0, 0.1) is 0 Å². The Labute approximate surface area is 289 Å². The highest BCUT2D eigenvalue weighted by molar-refractivity contribution is 5.93. The molecule has 4 rings (SSSR count). The van der Waals surface area contributed by atoms with E-state index in [0.29, 0.717) is 12.1 Å². The minimum atomic E-state index is -0.491. The first-order chi connectivity index (χ1) is 23.6. The Morgan fingerprint density at radius 3 is 2.00 bits per heavy atom. The minimum Gasteiger partial charge on any atom is -0.392 e. The van der Waals surface area contributed by atoms with Gasteiger partial charge in [-0.05, 0) is 54.8 Å². The number of carbonyl (C=O) groups excluding carboxylic acids is 1. The number of hydrogen-bond donors (Lipinski definition) is 2. The Hall–Kier alpha value is -3.10. The molecule has 0 saturated carbocycles. The van der Waals surface area contributed by atoms with Crippen LogP contribution in [0.15, 0.2) is 73.1 Å². The van der Waals surface area contributed by atoms with Crippen LogP contribution in [0.25, 0.3) is 0 Å². The quantitative estimate of drug-likeness (QED) is 0.105. The predicted molar refractivity (Wildman–Crippen MR) is 193 cm³/mol. The molecule has 1 aromatic heterocycles. The highest BCUT2D eigenvalue weighted by Crippen LogP contribution is 2.38. The number of aliphatic hydroxyl groups excluding tert-OH is 1. The topological polar surface area (TPSA) is 83.9 Å². The van der Waals surface area contributed by atoms with Gasteiger partial charge in [0.25, 0.3) is 5.91 Å². The number of aliphatic hydroxyl groups is 1. The van der Waals surface area contributed by atoms with E-state index in [1.165, 1.54) is 77.0 Å². The summed E-state index contributed by atoms with van der Waals surface area (Å²) in [6.07, 6.45) is 19.1. The summed E-state index contributed by atoms with van der Waals surface area (Å²) in [5, 5.41) is 12.6. The van der Waals surface area contributed by atoms with Crippen LogP contribution in [-0.2, 0) is 22.6 Å². The van der Waals surface area contributed by atoms with Crippen molar-refractivity contribution in [3.63, 3.8) is 0 Å². The summed E-state index contributed by atoms with van der Waals surface area (Å²) in [6.45, 7) is 8.13. The Bertz CT molecular complexity index is 1270. The van der Waals surface area contributed by atoms with Gasteiger partial charge in [-0.2, -0.15) is 0 Å². The normalized spacial score (nSPS) is 17.9. The first kappa shape index (κ1) is 37.7. The van der Waals surface area contributed by atoms with Crippen LogP contribution in [0.5, 0.6) is 0 Å². The summed E-state index contributed by atoms with van der Waals surface area (Å²) in [5.41, 5.74) is 4.53. The van der Waals surface area contributed by atoms with Gasteiger partial charge in [0.2, 0.25) is 0 Å². The van der Waals surface area contributed by atoms with Crippen molar-refractivity contribution in [1.29, 1.82) is 0 Å². The van der Waals surface area contributed by atoms with E-state index in [1.807, 2.05) is 24.3 Å². The Morgan fingerprint density at radius 1 is 0.792 bits per heavy atom. The first-order valence-corrected chi connectivity index (χ1v) is 18.6. The summed E-state index contributed by atoms with van der Waals surface area (Å²) in [4.78, 5) is 19.2. The largest absolute Gasteiger partial charge is 0.392 e. The van der Waals surface area contributed by atoms with Crippen molar-refractivity contribution in [2.24, 2.45) is 0 Å². The van der Waals surface area contributed by atoms with E-state index >= 15 is 0 Å². The number of carbonyl (C=O) groups is 1. The number of rotatable bonds is 22. The maximum absolute atomic E-state index is 12.5. The van der Waals surface area contributed by atoms with Crippen LogP contribution >= 0.6 is 0 Å².